The van der Waals surface area contributed by atoms with Gasteiger partial charge in [-0.2, -0.15) is 0 Å². The van der Waals surface area contributed by atoms with Crippen molar-refractivity contribution in [2.24, 2.45) is 0 Å². The maximum Gasteiger partial charge on any atom is 0.324 e. The Balaban J connectivity index is 1.21. The quantitative estimate of drug-likeness (QED) is 0.632. The Morgan fingerprint density at radius 2 is 1.56 bits per heavy atom. The van der Waals surface area contributed by atoms with E-state index < -0.39 is 12.1 Å². The van der Waals surface area contributed by atoms with E-state index in [1.807, 2.05) is 42.5 Å². The first kappa shape index (κ1) is 22.0. The fraction of sp³-hybridized carbons (Fsp3) is 0.417. The summed E-state index contributed by atoms with van der Waals surface area (Å²) in [6, 6.07) is 12.6. The molecule has 0 spiro atoms. The molecule has 2 fully saturated rings. The minimum absolute atomic E-state index is 0.0173. The molecule has 1 aromatic carbocycles. The van der Waals surface area contributed by atoms with E-state index in [1.165, 1.54) is 10.5 Å². The van der Waals surface area contributed by atoms with Crippen LogP contribution in [0.1, 0.15) is 17.5 Å². The zero-order valence-electron chi connectivity index (χ0n) is 18.2. The molecule has 2 aromatic rings. The summed E-state index contributed by atoms with van der Waals surface area (Å²) >= 11 is 0. The average Bonchev–Trinajstić information content (AvgIpc) is 3.10. The van der Waals surface area contributed by atoms with Gasteiger partial charge in [0, 0.05) is 51.7 Å². The third kappa shape index (κ3) is 5.50. The second-order valence-corrected chi connectivity index (χ2v) is 8.26. The van der Waals surface area contributed by atoms with Crippen LogP contribution in [0.15, 0.2) is 54.9 Å². The largest absolute Gasteiger partial charge is 0.340 e. The number of hydrogen-bond donors (Lipinski definition) is 1. The molecule has 2 aliphatic heterocycles. The number of urea groups is 1. The highest BCUT2D eigenvalue weighted by Gasteiger charge is 2.39. The Kier molecular flexibility index (Phi) is 7.11. The summed E-state index contributed by atoms with van der Waals surface area (Å²) in [5.41, 5.74) is 2.32. The zero-order valence-corrected chi connectivity index (χ0v) is 18.2. The summed E-state index contributed by atoms with van der Waals surface area (Å²) < 4.78 is 0. The second-order valence-electron chi connectivity index (χ2n) is 8.26. The van der Waals surface area contributed by atoms with E-state index in [1.54, 1.807) is 17.3 Å². The summed E-state index contributed by atoms with van der Waals surface area (Å²) in [5, 5.41) is 2.68. The van der Waals surface area contributed by atoms with Crippen molar-refractivity contribution >= 4 is 17.8 Å². The molecule has 1 aromatic heterocycles. The maximum atomic E-state index is 12.8. The first-order valence-corrected chi connectivity index (χ1v) is 11.1. The summed E-state index contributed by atoms with van der Waals surface area (Å²) in [6.45, 7) is 4.16. The number of aromatic nitrogens is 1. The molecular formula is C24H29N5O3. The van der Waals surface area contributed by atoms with Gasteiger partial charge < -0.3 is 10.2 Å². The summed E-state index contributed by atoms with van der Waals surface area (Å²) in [5.74, 6) is -0.391. The fourth-order valence-corrected chi connectivity index (χ4v) is 4.17. The molecule has 4 rings (SSSR count). The van der Waals surface area contributed by atoms with Crippen molar-refractivity contribution in [3.8, 4) is 0 Å². The van der Waals surface area contributed by atoms with E-state index in [-0.39, 0.29) is 18.2 Å². The molecule has 0 aliphatic carbocycles. The van der Waals surface area contributed by atoms with E-state index in [0.29, 0.717) is 26.1 Å². The van der Waals surface area contributed by atoms with Crippen LogP contribution in [0.4, 0.5) is 4.79 Å². The highest BCUT2D eigenvalue weighted by molar-refractivity contribution is 6.05. The van der Waals surface area contributed by atoms with E-state index in [9.17, 15) is 14.4 Å². The van der Waals surface area contributed by atoms with Gasteiger partial charge in [-0.1, -0.05) is 30.3 Å². The normalized spacial score (nSPS) is 19.3. The Morgan fingerprint density at radius 3 is 2.28 bits per heavy atom. The number of rotatable bonds is 8. The summed E-state index contributed by atoms with van der Waals surface area (Å²) in [4.78, 5) is 47.1. The molecule has 8 heteroatoms. The van der Waals surface area contributed by atoms with Gasteiger partial charge in [0.1, 0.15) is 6.04 Å². The number of carbonyl (C=O) groups is 3. The van der Waals surface area contributed by atoms with Crippen molar-refractivity contribution in [1.82, 2.24) is 25.0 Å². The van der Waals surface area contributed by atoms with Gasteiger partial charge in [-0.15, -0.1) is 0 Å². The number of pyridine rings is 1. The van der Waals surface area contributed by atoms with E-state index >= 15 is 0 Å². The molecule has 0 saturated carbocycles. The van der Waals surface area contributed by atoms with Crippen LogP contribution in [0.5, 0.6) is 0 Å². The lowest BCUT2D eigenvalue weighted by molar-refractivity contribution is -0.137. The van der Waals surface area contributed by atoms with E-state index in [4.69, 9.17) is 0 Å². The lowest BCUT2D eigenvalue weighted by Crippen LogP contribution is -2.50. The van der Waals surface area contributed by atoms with Crippen molar-refractivity contribution in [1.29, 1.82) is 0 Å². The molecule has 168 valence electrons. The molecule has 3 heterocycles. The summed E-state index contributed by atoms with van der Waals surface area (Å²) in [6.07, 6.45) is 5.18. The lowest BCUT2D eigenvalue weighted by atomic mass is 10.1. The molecule has 0 radical (unpaired) electrons. The topological polar surface area (TPSA) is 85.8 Å². The van der Waals surface area contributed by atoms with Gasteiger partial charge in [0.15, 0.2) is 0 Å². The smallest absolute Gasteiger partial charge is 0.324 e. The van der Waals surface area contributed by atoms with Gasteiger partial charge in [0.25, 0.3) is 5.91 Å². The van der Waals surface area contributed by atoms with Crippen molar-refractivity contribution in [2.75, 3.05) is 39.3 Å². The molecule has 2 saturated heterocycles. The number of hydrogen-bond acceptors (Lipinski definition) is 5. The van der Waals surface area contributed by atoms with E-state index in [2.05, 4.69) is 15.2 Å². The van der Waals surface area contributed by atoms with Gasteiger partial charge in [-0.05, 0) is 36.1 Å². The molecule has 8 nitrogen and oxygen atoms in total. The van der Waals surface area contributed by atoms with Gasteiger partial charge in [-0.3, -0.25) is 24.4 Å². The van der Waals surface area contributed by atoms with Crippen molar-refractivity contribution < 1.29 is 14.4 Å². The highest BCUT2D eigenvalue weighted by Crippen LogP contribution is 2.14. The number of nitrogens with zero attached hydrogens (tertiary/aromatic N) is 4. The maximum absolute atomic E-state index is 12.8. The standard InChI is InChI=1S/C24H29N5O3/c30-22(28-16-14-27(15-17-28)12-8-20-6-10-25-11-7-20)18-21-23(31)29(24(32)26-21)13-9-19-4-2-1-3-5-19/h1-7,10-11,21H,8-9,12-18H2,(H,26,32)/t21-/m1/s1. The molecule has 0 unspecified atom stereocenters. The zero-order chi connectivity index (χ0) is 22.3. The SMILES string of the molecule is O=C(C[C@H]1NC(=O)N(CCc2ccccc2)C1=O)N1CCN(CCc2ccncc2)CC1. The highest BCUT2D eigenvalue weighted by atomic mass is 16.2. The molecule has 2 aliphatic rings. The fourth-order valence-electron chi connectivity index (χ4n) is 4.17. The van der Waals surface area contributed by atoms with Crippen LogP contribution in [-0.4, -0.2) is 82.8 Å². The van der Waals surface area contributed by atoms with Crippen LogP contribution in [0.25, 0.3) is 0 Å². The number of imide groups is 1. The van der Waals surface area contributed by atoms with Gasteiger partial charge >= 0.3 is 6.03 Å². The summed E-state index contributed by atoms with van der Waals surface area (Å²) in [7, 11) is 0. The van der Waals surface area contributed by atoms with Crippen LogP contribution >= 0.6 is 0 Å². The second kappa shape index (κ2) is 10.4. The number of amides is 4. The number of carbonyl (C=O) groups excluding carboxylic acids is 3. The van der Waals surface area contributed by atoms with Gasteiger partial charge in [-0.25, -0.2) is 4.79 Å². The van der Waals surface area contributed by atoms with Crippen LogP contribution in [0.3, 0.4) is 0 Å². The first-order chi connectivity index (χ1) is 15.6. The van der Waals surface area contributed by atoms with Crippen molar-refractivity contribution in [2.45, 2.75) is 25.3 Å². The average molecular weight is 436 g/mol. The van der Waals surface area contributed by atoms with E-state index in [0.717, 1.165) is 31.6 Å². The molecule has 4 amide bonds. The van der Waals surface area contributed by atoms with Crippen molar-refractivity contribution in [3.05, 3.63) is 66.0 Å². The minimum Gasteiger partial charge on any atom is -0.340 e. The predicted octanol–water partition coefficient (Wildman–Crippen LogP) is 1.32. The Labute approximate surface area is 188 Å². The van der Waals surface area contributed by atoms with Gasteiger partial charge in [0.2, 0.25) is 5.91 Å². The van der Waals surface area contributed by atoms with Crippen LogP contribution < -0.4 is 5.32 Å². The predicted molar refractivity (Wildman–Crippen MR) is 120 cm³/mol. The lowest BCUT2D eigenvalue weighted by Gasteiger charge is -2.35. The Hall–Kier alpha value is -3.26. The first-order valence-electron chi connectivity index (χ1n) is 11.1. The number of nitrogens with one attached hydrogen (secondary N) is 1. The molecule has 32 heavy (non-hydrogen) atoms. The van der Waals surface area contributed by atoms with Crippen molar-refractivity contribution in [3.63, 3.8) is 0 Å². The van der Waals surface area contributed by atoms with Crippen LogP contribution in [-0.2, 0) is 22.4 Å². The molecular weight excluding hydrogens is 406 g/mol. The molecule has 1 atom stereocenters. The third-order valence-corrected chi connectivity index (χ3v) is 6.14. The Morgan fingerprint density at radius 1 is 0.906 bits per heavy atom. The number of benzene rings is 1. The van der Waals surface area contributed by atoms with Crippen LogP contribution in [0, 0.1) is 0 Å². The molecule has 0 bridgehead atoms. The molecule has 1 N–H and O–H groups in total. The monoisotopic (exact) mass is 435 g/mol. The van der Waals surface area contributed by atoms with Crippen LogP contribution in [0.2, 0.25) is 0 Å². The van der Waals surface area contributed by atoms with Gasteiger partial charge in [0.05, 0.1) is 6.42 Å². The number of piperazine rings is 1. The Bertz CT molecular complexity index is 929. The minimum atomic E-state index is -0.768. The third-order valence-electron chi connectivity index (χ3n) is 6.14.